The van der Waals surface area contributed by atoms with Gasteiger partial charge in [-0.15, -0.1) is 0 Å². The predicted octanol–water partition coefficient (Wildman–Crippen LogP) is 32.1. The maximum absolute atomic E-state index is 6.44. The third-order valence-electron chi connectivity index (χ3n) is 23.0. The van der Waals surface area contributed by atoms with E-state index in [2.05, 4.69) is 434 Å². The SMILES string of the molecule is c1ccc(-c2ccc(-c3cccc(N(c4ccc(-c5ccc6c(ccc7ccccc76)c5)cc4)c4ccc(-c5cccc6c5oc5ccccc56)cc4)c3)cc2)cc1.c1ccc(-c2ccc(-c3ccccc3N(c3ccc(-c4ccc5c(ccc6ccccc65)c4)cc3)c3ccc(-c4cccc5c4oc4ccccc45)cc3)cc2)cc1. The fourth-order valence-corrected chi connectivity index (χ4v) is 17.1. The molecule has 0 saturated heterocycles. The van der Waals surface area contributed by atoms with Crippen molar-refractivity contribution in [3.05, 3.63) is 449 Å². The molecule has 0 spiro atoms. The van der Waals surface area contributed by atoms with E-state index in [9.17, 15) is 0 Å². The van der Waals surface area contributed by atoms with E-state index in [1.807, 2.05) is 24.3 Å². The van der Waals surface area contributed by atoms with Crippen molar-refractivity contribution < 1.29 is 8.83 Å². The first-order valence-corrected chi connectivity index (χ1v) is 39.7. The first-order valence-electron chi connectivity index (χ1n) is 39.7. The Labute approximate surface area is 673 Å². The van der Waals surface area contributed by atoms with Gasteiger partial charge in [-0.2, -0.15) is 0 Å². The Kier molecular flexibility index (Phi) is 17.6. The van der Waals surface area contributed by atoms with Gasteiger partial charge in [-0.1, -0.05) is 358 Å². The summed E-state index contributed by atoms with van der Waals surface area (Å²) in [6.45, 7) is 0. The lowest BCUT2D eigenvalue weighted by molar-refractivity contribution is 0.669. The van der Waals surface area contributed by atoms with Gasteiger partial charge in [0, 0.05) is 66.7 Å². The minimum absolute atomic E-state index is 0.904. The van der Waals surface area contributed by atoms with Crippen LogP contribution in [0.4, 0.5) is 34.1 Å². The summed E-state index contributed by atoms with van der Waals surface area (Å²) in [7, 11) is 0. The molecule has 2 aromatic heterocycles. The summed E-state index contributed by atoms with van der Waals surface area (Å²) in [5, 5.41) is 14.7. The smallest absolute Gasteiger partial charge is 0.143 e. The second-order valence-corrected chi connectivity index (χ2v) is 29.8. The summed E-state index contributed by atoms with van der Waals surface area (Å²) < 4.78 is 12.9. The van der Waals surface area contributed by atoms with Gasteiger partial charge in [0.15, 0.2) is 0 Å². The standard InChI is InChI=1S/2C56H37NO/c1-2-11-38(12-3-1)39-21-23-42(24-22-39)50-15-6-8-19-54(50)57(47-34-29-43(30-35-47)51-17-10-18-53-52-16-7-9-20-55(52)58-56(51)53)46-32-27-40(28-33-46)44-31-36-49-45(37-44)26-25-41-13-4-5-14-48(41)49;1-2-10-38(11-3-1)39-20-22-40(23-21-39)44-13-8-14-49(37-44)57(48-33-28-43(29-34-48)52-17-9-18-54-53-16-6-7-19-55(53)58-56(52)54)47-31-26-41(27-32-47)45-30-35-51-46(36-45)25-24-42-12-4-5-15-50(42)51/h2*1-37H. The molecule has 0 bridgehead atoms. The molecule has 0 saturated carbocycles. The first-order chi connectivity index (χ1) is 57.5. The lowest BCUT2D eigenvalue weighted by Crippen LogP contribution is -2.11. The monoisotopic (exact) mass is 1480 g/mol. The van der Waals surface area contributed by atoms with Crippen LogP contribution in [-0.2, 0) is 0 Å². The summed E-state index contributed by atoms with van der Waals surface area (Å²) in [5.74, 6) is 0. The third kappa shape index (κ3) is 12.9. The Morgan fingerprint density at radius 3 is 0.914 bits per heavy atom. The van der Waals surface area contributed by atoms with Crippen LogP contribution in [0.15, 0.2) is 458 Å². The highest BCUT2D eigenvalue weighted by molar-refractivity contribution is 6.13. The highest BCUT2D eigenvalue weighted by Crippen LogP contribution is 2.46. The van der Waals surface area contributed by atoms with Gasteiger partial charge in [0.1, 0.15) is 22.3 Å². The van der Waals surface area contributed by atoms with Gasteiger partial charge in [-0.05, 0) is 206 Å². The number of nitrogens with zero attached hydrogens (tertiary/aromatic N) is 2. The predicted molar refractivity (Wildman–Crippen MR) is 490 cm³/mol. The summed E-state index contributed by atoms with van der Waals surface area (Å²) in [4.78, 5) is 4.73. The number of para-hydroxylation sites is 5. The summed E-state index contributed by atoms with van der Waals surface area (Å²) >= 11 is 0. The van der Waals surface area contributed by atoms with E-state index in [0.29, 0.717) is 0 Å². The van der Waals surface area contributed by atoms with Gasteiger partial charge in [0.05, 0.1) is 5.69 Å². The van der Waals surface area contributed by atoms with Crippen molar-refractivity contribution in [3.8, 4) is 89.0 Å². The summed E-state index contributed by atoms with van der Waals surface area (Å²) in [6, 6.07) is 161. The number of anilines is 6. The molecule has 22 rings (SSSR count). The van der Waals surface area contributed by atoms with Gasteiger partial charge in [0.25, 0.3) is 0 Å². The van der Waals surface area contributed by atoms with Crippen molar-refractivity contribution in [2.45, 2.75) is 0 Å². The zero-order valence-corrected chi connectivity index (χ0v) is 63.4. The van der Waals surface area contributed by atoms with Gasteiger partial charge in [-0.3, -0.25) is 0 Å². The zero-order valence-electron chi connectivity index (χ0n) is 63.4. The van der Waals surface area contributed by atoms with E-state index in [1.54, 1.807) is 0 Å². The molecule has 4 nitrogen and oxygen atoms in total. The molecule has 0 unspecified atom stereocenters. The van der Waals surface area contributed by atoms with E-state index in [0.717, 1.165) is 117 Å². The Morgan fingerprint density at radius 1 is 0.147 bits per heavy atom. The molecule has 0 atom stereocenters. The Morgan fingerprint density at radius 2 is 0.440 bits per heavy atom. The van der Waals surface area contributed by atoms with Crippen LogP contribution in [0, 0.1) is 0 Å². The van der Waals surface area contributed by atoms with E-state index >= 15 is 0 Å². The van der Waals surface area contributed by atoms with E-state index in [1.165, 1.54) is 93.2 Å². The largest absolute Gasteiger partial charge is 0.455 e. The maximum atomic E-state index is 6.44. The Bertz CT molecular complexity index is 7390. The quantitative estimate of drug-likeness (QED) is 0.102. The average Bonchev–Trinajstić information content (AvgIpc) is 1.42. The lowest BCUT2D eigenvalue weighted by atomic mass is 9.96. The first kappa shape index (κ1) is 68.7. The summed E-state index contributed by atoms with van der Waals surface area (Å²) in [5.41, 5.74) is 28.8. The highest BCUT2D eigenvalue weighted by Gasteiger charge is 2.22. The molecular formula is C112H74N2O2. The fraction of sp³-hybridized carbons (Fsp3) is 0. The van der Waals surface area contributed by atoms with Crippen molar-refractivity contribution in [2.24, 2.45) is 0 Å². The van der Waals surface area contributed by atoms with Crippen molar-refractivity contribution in [3.63, 3.8) is 0 Å². The van der Waals surface area contributed by atoms with Crippen LogP contribution in [0.5, 0.6) is 0 Å². The third-order valence-corrected chi connectivity index (χ3v) is 23.0. The van der Waals surface area contributed by atoms with Crippen molar-refractivity contribution >= 4 is 121 Å². The molecule has 4 heteroatoms. The van der Waals surface area contributed by atoms with Gasteiger partial charge < -0.3 is 18.6 Å². The fourth-order valence-electron chi connectivity index (χ4n) is 17.1. The van der Waals surface area contributed by atoms with E-state index in [4.69, 9.17) is 8.83 Å². The van der Waals surface area contributed by atoms with Crippen LogP contribution in [-0.4, -0.2) is 0 Å². The molecular weight excluding hydrogens is 1410 g/mol. The minimum atomic E-state index is 0.904. The number of rotatable bonds is 14. The molecule has 0 aliphatic carbocycles. The maximum Gasteiger partial charge on any atom is 0.143 e. The van der Waals surface area contributed by atoms with Crippen LogP contribution in [0.2, 0.25) is 0 Å². The molecule has 0 aliphatic rings. The molecule has 0 N–H and O–H groups in total. The minimum Gasteiger partial charge on any atom is -0.455 e. The van der Waals surface area contributed by atoms with Crippen molar-refractivity contribution in [2.75, 3.05) is 9.80 Å². The summed E-state index contributed by atoms with van der Waals surface area (Å²) in [6.07, 6.45) is 0. The van der Waals surface area contributed by atoms with Crippen LogP contribution < -0.4 is 9.80 Å². The molecule has 0 amide bonds. The molecule has 22 aromatic rings. The van der Waals surface area contributed by atoms with Gasteiger partial charge >= 0.3 is 0 Å². The number of hydrogen-bond donors (Lipinski definition) is 0. The van der Waals surface area contributed by atoms with Crippen LogP contribution in [0.1, 0.15) is 0 Å². The molecule has 0 aliphatic heterocycles. The van der Waals surface area contributed by atoms with Crippen molar-refractivity contribution in [1.29, 1.82) is 0 Å². The second-order valence-electron chi connectivity index (χ2n) is 29.8. The number of fused-ring (bicyclic) bond motifs is 12. The van der Waals surface area contributed by atoms with E-state index in [-0.39, 0.29) is 0 Å². The number of furan rings is 2. The molecule has 2 heterocycles. The molecule has 544 valence electrons. The van der Waals surface area contributed by atoms with E-state index < -0.39 is 0 Å². The molecule has 0 radical (unpaired) electrons. The number of hydrogen-bond acceptors (Lipinski definition) is 4. The normalized spacial score (nSPS) is 11.4. The van der Waals surface area contributed by atoms with Crippen molar-refractivity contribution in [1.82, 2.24) is 0 Å². The molecule has 0 fully saturated rings. The number of benzene rings is 20. The highest BCUT2D eigenvalue weighted by atomic mass is 16.3. The van der Waals surface area contributed by atoms with Gasteiger partial charge in [-0.25, -0.2) is 0 Å². The van der Waals surface area contributed by atoms with Gasteiger partial charge in [0.2, 0.25) is 0 Å². The molecule has 20 aromatic carbocycles. The Hall–Kier alpha value is -15.4. The molecule has 116 heavy (non-hydrogen) atoms. The Balaban J connectivity index is 0.000000145. The van der Waals surface area contributed by atoms with Crippen LogP contribution >= 0.6 is 0 Å². The lowest BCUT2D eigenvalue weighted by Gasteiger charge is -2.28. The second kappa shape index (κ2) is 29.7. The topological polar surface area (TPSA) is 32.8 Å². The van der Waals surface area contributed by atoms with Crippen LogP contribution in [0.3, 0.4) is 0 Å². The van der Waals surface area contributed by atoms with Crippen LogP contribution in [0.25, 0.3) is 176 Å². The zero-order chi connectivity index (χ0) is 76.8. The average molecular weight is 1480 g/mol.